The van der Waals surface area contributed by atoms with Crippen LogP contribution in [-0.2, 0) is 4.74 Å². The molecular formula is C11H16ClN5O4. The number of nitrogens with zero attached hydrogens (tertiary/aromatic N) is 3. The van der Waals surface area contributed by atoms with Crippen LogP contribution < -0.4 is 5.73 Å². The molecule has 1 unspecified atom stereocenters. The number of ether oxygens (including phenoxy) is 1. The van der Waals surface area contributed by atoms with Crippen molar-refractivity contribution in [2.24, 2.45) is 5.73 Å². The molecule has 10 heteroatoms. The van der Waals surface area contributed by atoms with Gasteiger partial charge in [-0.15, -0.1) is 0 Å². The smallest absolute Gasteiger partial charge is 0.224 e. The highest BCUT2D eigenvalue weighted by molar-refractivity contribution is 6.28. The van der Waals surface area contributed by atoms with E-state index in [0.717, 1.165) is 11.2 Å². The third-order valence-electron chi connectivity index (χ3n) is 2.97. The number of aromatic amines is 1. The SMILES string of the molecule is Cc1nc(Cl)nc2nc[nH]c12.NC(O)[C@H]1OC[C@H](O)[C@@H]1O. The molecule has 21 heavy (non-hydrogen) atoms. The van der Waals surface area contributed by atoms with Gasteiger partial charge < -0.3 is 30.8 Å². The number of aromatic nitrogens is 4. The summed E-state index contributed by atoms with van der Waals surface area (Å²) in [6, 6.07) is 0. The largest absolute Gasteiger partial charge is 0.388 e. The van der Waals surface area contributed by atoms with Gasteiger partial charge in [0.15, 0.2) is 5.65 Å². The van der Waals surface area contributed by atoms with E-state index >= 15 is 0 Å². The number of aliphatic hydroxyl groups excluding tert-OH is 3. The average Bonchev–Trinajstić information content (AvgIpc) is 2.98. The first-order chi connectivity index (χ1) is 9.90. The maximum absolute atomic E-state index is 9.01. The van der Waals surface area contributed by atoms with Gasteiger partial charge in [-0.2, -0.15) is 4.98 Å². The second-order valence-corrected chi connectivity index (χ2v) is 4.86. The monoisotopic (exact) mass is 317 g/mol. The van der Waals surface area contributed by atoms with Crippen LogP contribution in [0.5, 0.6) is 0 Å². The second kappa shape index (κ2) is 6.60. The maximum atomic E-state index is 9.01. The van der Waals surface area contributed by atoms with Crippen LogP contribution in [0.25, 0.3) is 11.2 Å². The number of hydrogen-bond donors (Lipinski definition) is 5. The fourth-order valence-electron chi connectivity index (χ4n) is 1.87. The Balaban J connectivity index is 0.000000155. The molecule has 0 spiro atoms. The predicted octanol–water partition coefficient (Wildman–Crippen LogP) is -1.30. The molecule has 3 heterocycles. The van der Waals surface area contributed by atoms with Crippen molar-refractivity contribution in [3.8, 4) is 0 Å². The Labute approximate surface area is 124 Å². The molecule has 0 saturated carbocycles. The molecule has 0 aliphatic carbocycles. The molecule has 0 bridgehead atoms. The zero-order chi connectivity index (χ0) is 15.6. The lowest BCUT2D eigenvalue weighted by molar-refractivity contribution is -0.0477. The number of halogens is 1. The fraction of sp³-hybridized carbons (Fsp3) is 0.545. The van der Waals surface area contributed by atoms with Crippen LogP contribution in [0.15, 0.2) is 6.33 Å². The maximum Gasteiger partial charge on any atom is 0.224 e. The molecule has 4 atom stereocenters. The van der Waals surface area contributed by atoms with Crippen LogP contribution in [0.3, 0.4) is 0 Å². The Bertz CT molecular complexity index is 607. The molecule has 2 aromatic heterocycles. The Morgan fingerprint density at radius 1 is 1.48 bits per heavy atom. The summed E-state index contributed by atoms with van der Waals surface area (Å²) in [5.41, 5.74) is 7.28. The lowest BCUT2D eigenvalue weighted by Crippen LogP contribution is -2.43. The molecule has 116 valence electrons. The van der Waals surface area contributed by atoms with E-state index in [4.69, 9.17) is 37.4 Å². The number of hydrogen-bond acceptors (Lipinski definition) is 8. The Kier molecular flexibility index (Phi) is 5.04. The van der Waals surface area contributed by atoms with Crippen LogP contribution >= 0.6 is 11.6 Å². The number of nitrogens with one attached hydrogen (secondary N) is 1. The standard InChI is InChI=1S/C6H5ClN4.C5H11NO4/c1-3-4-5(9-2-8-4)11-6(7)10-3;6-5(9)4-3(8)2(7)1-10-4/h2H,1H3,(H,8,9,10,11);2-5,7-9H,1,6H2/t;2-,3-,4-,5?/m.0/s1. The molecule has 9 nitrogen and oxygen atoms in total. The van der Waals surface area contributed by atoms with Crippen LogP contribution in [0.2, 0.25) is 5.28 Å². The average molecular weight is 318 g/mol. The minimum absolute atomic E-state index is 0.0279. The van der Waals surface area contributed by atoms with Crippen LogP contribution in [0.4, 0.5) is 0 Å². The van der Waals surface area contributed by atoms with E-state index < -0.39 is 24.5 Å². The molecule has 0 amide bonds. The highest BCUT2D eigenvalue weighted by atomic mass is 35.5. The van der Waals surface area contributed by atoms with E-state index in [0.29, 0.717) is 5.65 Å². The lowest BCUT2D eigenvalue weighted by Gasteiger charge is -2.16. The second-order valence-electron chi connectivity index (χ2n) is 4.53. The van der Waals surface area contributed by atoms with Gasteiger partial charge in [-0.1, -0.05) is 0 Å². The first-order valence-electron chi connectivity index (χ1n) is 6.14. The summed E-state index contributed by atoms with van der Waals surface area (Å²) in [6.07, 6.45) is -2.51. The van der Waals surface area contributed by atoms with Crippen molar-refractivity contribution in [1.29, 1.82) is 0 Å². The molecule has 1 saturated heterocycles. The summed E-state index contributed by atoms with van der Waals surface area (Å²) in [5.74, 6) is 0. The minimum Gasteiger partial charge on any atom is -0.388 e. The van der Waals surface area contributed by atoms with Crippen molar-refractivity contribution in [3.63, 3.8) is 0 Å². The first kappa shape index (κ1) is 16.0. The summed E-state index contributed by atoms with van der Waals surface area (Å²) in [4.78, 5) is 14.7. The number of rotatable bonds is 1. The van der Waals surface area contributed by atoms with E-state index in [1.807, 2.05) is 6.92 Å². The van der Waals surface area contributed by atoms with Crippen LogP contribution in [0.1, 0.15) is 5.69 Å². The summed E-state index contributed by atoms with van der Waals surface area (Å²) in [6.45, 7) is 1.88. The Morgan fingerprint density at radius 3 is 2.71 bits per heavy atom. The third kappa shape index (κ3) is 3.64. The zero-order valence-electron chi connectivity index (χ0n) is 11.1. The number of aryl methyl sites for hydroxylation is 1. The molecule has 1 aliphatic heterocycles. The van der Waals surface area contributed by atoms with E-state index in [2.05, 4.69) is 19.9 Å². The number of fused-ring (bicyclic) bond motifs is 1. The van der Waals surface area contributed by atoms with Gasteiger partial charge >= 0.3 is 0 Å². The minimum atomic E-state index is -1.23. The topological polar surface area (TPSA) is 150 Å². The molecule has 3 rings (SSSR count). The van der Waals surface area contributed by atoms with Crippen molar-refractivity contribution in [2.75, 3.05) is 6.61 Å². The van der Waals surface area contributed by atoms with Gasteiger partial charge in [-0.05, 0) is 18.5 Å². The fourth-order valence-corrected chi connectivity index (χ4v) is 2.08. The molecule has 6 N–H and O–H groups in total. The molecule has 2 aromatic rings. The predicted molar refractivity (Wildman–Crippen MR) is 73.4 cm³/mol. The number of H-pyrrole nitrogens is 1. The summed E-state index contributed by atoms with van der Waals surface area (Å²) in [7, 11) is 0. The lowest BCUT2D eigenvalue weighted by atomic mass is 10.1. The molecule has 1 aliphatic rings. The van der Waals surface area contributed by atoms with Crippen molar-refractivity contribution < 1.29 is 20.1 Å². The highest BCUT2D eigenvalue weighted by Crippen LogP contribution is 2.15. The molecular weight excluding hydrogens is 302 g/mol. The van der Waals surface area contributed by atoms with Gasteiger partial charge in [0.1, 0.15) is 30.1 Å². The molecule has 1 fully saturated rings. The van der Waals surface area contributed by atoms with E-state index in [1.54, 1.807) is 6.33 Å². The number of nitrogens with two attached hydrogens (primary N) is 1. The van der Waals surface area contributed by atoms with Crippen molar-refractivity contribution in [1.82, 2.24) is 19.9 Å². The van der Waals surface area contributed by atoms with Gasteiger partial charge in [0, 0.05) is 0 Å². The molecule has 0 radical (unpaired) electrons. The van der Waals surface area contributed by atoms with Crippen LogP contribution in [-0.4, -0.2) is 66.4 Å². The number of imidazole rings is 1. The van der Waals surface area contributed by atoms with Gasteiger partial charge in [0.05, 0.1) is 18.6 Å². The van der Waals surface area contributed by atoms with Crippen molar-refractivity contribution >= 4 is 22.8 Å². The van der Waals surface area contributed by atoms with Gasteiger partial charge in [0.25, 0.3) is 0 Å². The van der Waals surface area contributed by atoms with Gasteiger partial charge in [-0.25, -0.2) is 9.97 Å². The van der Waals surface area contributed by atoms with Crippen molar-refractivity contribution in [2.45, 2.75) is 31.5 Å². The summed E-state index contributed by atoms with van der Waals surface area (Å²) in [5, 5.41) is 26.8. The van der Waals surface area contributed by atoms with Crippen molar-refractivity contribution in [3.05, 3.63) is 17.3 Å². The quantitative estimate of drug-likeness (QED) is 0.321. The molecule has 0 aromatic carbocycles. The third-order valence-corrected chi connectivity index (χ3v) is 3.14. The Morgan fingerprint density at radius 2 is 2.19 bits per heavy atom. The van der Waals surface area contributed by atoms with Crippen LogP contribution in [0, 0.1) is 6.92 Å². The van der Waals surface area contributed by atoms with E-state index in [1.165, 1.54) is 0 Å². The van der Waals surface area contributed by atoms with E-state index in [-0.39, 0.29) is 11.9 Å². The van der Waals surface area contributed by atoms with E-state index in [9.17, 15) is 0 Å². The summed E-state index contributed by atoms with van der Waals surface area (Å²) < 4.78 is 4.76. The summed E-state index contributed by atoms with van der Waals surface area (Å²) >= 11 is 5.60. The number of aliphatic hydroxyl groups is 3. The van der Waals surface area contributed by atoms with Gasteiger partial charge in [-0.3, -0.25) is 0 Å². The normalized spacial score (nSPS) is 26.5. The highest BCUT2D eigenvalue weighted by Gasteiger charge is 2.37. The Hall–Kier alpha value is -1.36. The first-order valence-corrected chi connectivity index (χ1v) is 6.52. The zero-order valence-corrected chi connectivity index (χ0v) is 11.9. The van der Waals surface area contributed by atoms with Gasteiger partial charge in [0.2, 0.25) is 5.28 Å².